The van der Waals surface area contributed by atoms with Gasteiger partial charge in [-0.15, -0.1) is 11.8 Å². The third-order valence-corrected chi connectivity index (χ3v) is 3.89. The maximum atomic E-state index is 5.82. The summed E-state index contributed by atoms with van der Waals surface area (Å²) >= 11 is 5.24. The van der Waals surface area contributed by atoms with Crippen molar-refractivity contribution in [3.63, 3.8) is 0 Å². The summed E-state index contributed by atoms with van der Waals surface area (Å²) in [6, 6.07) is 8.23. The Morgan fingerprint density at radius 3 is 2.86 bits per heavy atom. The molecule has 0 aromatic heterocycles. The molecule has 0 saturated heterocycles. The quantitative estimate of drug-likeness (QED) is 0.839. The van der Waals surface area contributed by atoms with Crippen LogP contribution in [0, 0.1) is 0 Å². The van der Waals surface area contributed by atoms with Crippen molar-refractivity contribution < 1.29 is 4.74 Å². The first kappa shape index (κ1) is 12.0. The second-order valence-corrected chi connectivity index (χ2v) is 4.87. The molecule has 0 amide bonds. The van der Waals surface area contributed by atoms with Gasteiger partial charge in [0.05, 0.1) is 6.61 Å². The molecule has 14 heavy (non-hydrogen) atoms. The molecule has 1 unspecified atom stereocenters. The summed E-state index contributed by atoms with van der Waals surface area (Å²) in [5, 5.41) is 0. The van der Waals surface area contributed by atoms with Crippen molar-refractivity contribution in [2.75, 3.05) is 19.5 Å². The van der Waals surface area contributed by atoms with Gasteiger partial charge in [0.15, 0.2) is 0 Å². The highest BCUT2D eigenvalue weighted by Gasteiger charge is 2.04. The van der Waals surface area contributed by atoms with Crippen LogP contribution >= 0.6 is 27.7 Å². The van der Waals surface area contributed by atoms with Gasteiger partial charge < -0.3 is 10.5 Å². The molecule has 0 heterocycles. The molecule has 4 heteroatoms. The number of hydrogen-bond donors (Lipinski definition) is 1. The minimum absolute atomic E-state index is 0.0945. The molecule has 0 aliphatic heterocycles. The van der Waals surface area contributed by atoms with Gasteiger partial charge in [0, 0.05) is 28.3 Å². The van der Waals surface area contributed by atoms with Gasteiger partial charge in [-0.3, -0.25) is 0 Å². The highest BCUT2D eigenvalue weighted by atomic mass is 79.9. The lowest BCUT2D eigenvalue weighted by Crippen LogP contribution is -2.28. The summed E-state index contributed by atoms with van der Waals surface area (Å²) in [5.41, 5.74) is 5.82. The van der Waals surface area contributed by atoms with E-state index in [0.29, 0.717) is 6.61 Å². The Morgan fingerprint density at radius 1 is 1.50 bits per heavy atom. The van der Waals surface area contributed by atoms with Crippen molar-refractivity contribution in [2.24, 2.45) is 5.73 Å². The Hall–Kier alpha value is -0.0300. The van der Waals surface area contributed by atoms with Crippen LogP contribution in [0.15, 0.2) is 33.6 Å². The fraction of sp³-hybridized carbons (Fsp3) is 0.400. The van der Waals surface area contributed by atoms with Crippen LogP contribution in [0.4, 0.5) is 0 Å². The van der Waals surface area contributed by atoms with E-state index in [-0.39, 0.29) is 6.04 Å². The van der Waals surface area contributed by atoms with Gasteiger partial charge in [0.1, 0.15) is 0 Å². The summed E-state index contributed by atoms with van der Waals surface area (Å²) in [7, 11) is 1.67. The van der Waals surface area contributed by atoms with E-state index >= 15 is 0 Å². The summed E-state index contributed by atoms with van der Waals surface area (Å²) in [5.74, 6) is 0.871. The normalized spacial score (nSPS) is 12.8. The Morgan fingerprint density at radius 2 is 2.21 bits per heavy atom. The third-order valence-electron chi connectivity index (χ3n) is 1.67. The molecule has 1 aromatic carbocycles. The zero-order valence-corrected chi connectivity index (χ0v) is 10.5. The Bertz CT molecular complexity index is 283. The minimum Gasteiger partial charge on any atom is -0.383 e. The average molecular weight is 276 g/mol. The molecule has 0 saturated carbocycles. The van der Waals surface area contributed by atoms with Crippen LogP contribution in [0.2, 0.25) is 0 Å². The smallest absolute Gasteiger partial charge is 0.0621 e. The molecule has 2 N–H and O–H groups in total. The molecule has 1 rings (SSSR count). The first-order chi connectivity index (χ1) is 6.74. The summed E-state index contributed by atoms with van der Waals surface area (Å²) in [4.78, 5) is 1.22. The van der Waals surface area contributed by atoms with Crippen molar-refractivity contribution in [3.8, 4) is 0 Å². The van der Waals surface area contributed by atoms with Crippen LogP contribution in [0.5, 0.6) is 0 Å². The number of halogens is 1. The van der Waals surface area contributed by atoms with Gasteiger partial charge in [-0.25, -0.2) is 0 Å². The highest BCUT2D eigenvalue weighted by molar-refractivity contribution is 9.10. The summed E-state index contributed by atoms with van der Waals surface area (Å²) in [6.07, 6.45) is 0. The number of methoxy groups -OCH3 is 1. The molecule has 0 aliphatic rings. The first-order valence-electron chi connectivity index (χ1n) is 4.36. The van der Waals surface area contributed by atoms with Gasteiger partial charge in [-0.1, -0.05) is 12.1 Å². The van der Waals surface area contributed by atoms with E-state index in [1.165, 1.54) is 4.90 Å². The fourth-order valence-corrected chi connectivity index (χ4v) is 2.52. The number of hydrogen-bond acceptors (Lipinski definition) is 3. The number of ether oxygens (including phenoxy) is 1. The Labute approximate surface area is 97.3 Å². The monoisotopic (exact) mass is 275 g/mol. The minimum atomic E-state index is 0.0945. The van der Waals surface area contributed by atoms with Crippen molar-refractivity contribution in [1.82, 2.24) is 0 Å². The lowest BCUT2D eigenvalue weighted by atomic mass is 10.4. The first-order valence-corrected chi connectivity index (χ1v) is 6.13. The summed E-state index contributed by atoms with van der Waals surface area (Å²) in [6.45, 7) is 0.609. The van der Waals surface area contributed by atoms with Gasteiger partial charge in [0.2, 0.25) is 0 Å². The topological polar surface area (TPSA) is 35.2 Å². The Balaban J connectivity index is 2.41. The van der Waals surface area contributed by atoms with Crippen LogP contribution in [0.1, 0.15) is 0 Å². The van der Waals surface area contributed by atoms with E-state index in [9.17, 15) is 0 Å². The molecule has 0 radical (unpaired) electrons. The lowest BCUT2D eigenvalue weighted by Gasteiger charge is -2.10. The zero-order valence-electron chi connectivity index (χ0n) is 8.07. The fourth-order valence-electron chi connectivity index (χ4n) is 1.02. The van der Waals surface area contributed by atoms with Crippen LogP contribution in [-0.2, 0) is 4.74 Å². The van der Waals surface area contributed by atoms with E-state index in [0.717, 1.165) is 10.2 Å². The van der Waals surface area contributed by atoms with Crippen molar-refractivity contribution in [3.05, 3.63) is 28.7 Å². The molecular weight excluding hydrogens is 262 g/mol. The maximum absolute atomic E-state index is 5.82. The molecule has 0 spiro atoms. The lowest BCUT2D eigenvalue weighted by molar-refractivity contribution is 0.186. The van der Waals surface area contributed by atoms with Crippen LogP contribution in [-0.4, -0.2) is 25.5 Å². The van der Waals surface area contributed by atoms with E-state index < -0.39 is 0 Å². The van der Waals surface area contributed by atoms with Gasteiger partial charge in [-0.2, -0.15) is 0 Å². The van der Waals surface area contributed by atoms with Crippen molar-refractivity contribution >= 4 is 27.7 Å². The van der Waals surface area contributed by atoms with Crippen molar-refractivity contribution in [1.29, 1.82) is 0 Å². The predicted octanol–water partition coefficient (Wildman–Crippen LogP) is 2.51. The van der Waals surface area contributed by atoms with Gasteiger partial charge in [-0.05, 0) is 28.1 Å². The van der Waals surface area contributed by atoms with Gasteiger partial charge in [0.25, 0.3) is 0 Å². The number of thioether (sulfide) groups is 1. The molecule has 78 valence electrons. The maximum Gasteiger partial charge on any atom is 0.0621 e. The summed E-state index contributed by atoms with van der Waals surface area (Å²) < 4.78 is 6.09. The number of benzene rings is 1. The Kier molecular flexibility index (Phi) is 5.55. The second-order valence-electron chi connectivity index (χ2n) is 2.96. The van der Waals surface area contributed by atoms with Crippen LogP contribution in [0.25, 0.3) is 0 Å². The van der Waals surface area contributed by atoms with E-state index in [2.05, 4.69) is 22.0 Å². The largest absolute Gasteiger partial charge is 0.383 e. The van der Waals surface area contributed by atoms with E-state index in [4.69, 9.17) is 10.5 Å². The van der Waals surface area contributed by atoms with E-state index in [1.54, 1.807) is 18.9 Å². The highest BCUT2D eigenvalue weighted by Crippen LogP contribution is 2.27. The average Bonchev–Trinajstić information content (AvgIpc) is 2.17. The zero-order chi connectivity index (χ0) is 10.4. The number of nitrogens with two attached hydrogens (primary N) is 1. The van der Waals surface area contributed by atoms with E-state index in [1.807, 2.05) is 18.2 Å². The van der Waals surface area contributed by atoms with Crippen molar-refractivity contribution in [2.45, 2.75) is 10.9 Å². The molecule has 0 aliphatic carbocycles. The van der Waals surface area contributed by atoms with Crippen LogP contribution in [0.3, 0.4) is 0 Å². The number of rotatable bonds is 5. The van der Waals surface area contributed by atoms with Crippen LogP contribution < -0.4 is 5.73 Å². The molecule has 0 fully saturated rings. The third kappa shape index (κ3) is 4.00. The molecular formula is C10H14BrNOS. The molecule has 2 nitrogen and oxygen atoms in total. The van der Waals surface area contributed by atoms with Gasteiger partial charge >= 0.3 is 0 Å². The second kappa shape index (κ2) is 6.45. The molecule has 1 atom stereocenters. The molecule has 1 aromatic rings. The standard InChI is InChI=1S/C10H14BrNOS/c1-13-6-8(12)7-14-10-5-3-2-4-9(10)11/h2-5,8H,6-7,12H2,1H3. The molecule has 0 bridgehead atoms. The predicted molar refractivity (Wildman–Crippen MR) is 64.7 cm³/mol. The SMILES string of the molecule is COCC(N)CSc1ccccc1Br.